The molecule has 0 saturated heterocycles. The first-order chi connectivity index (χ1) is 20.3. The molecule has 0 aromatic carbocycles. The molecule has 0 unspecified atom stereocenters. The van der Waals surface area contributed by atoms with Crippen molar-refractivity contribution in [1.82, 2.24) is 0 Å². The summed E-state index contributed by atoms with van der Waals surface area (Å²) in [5.41, 5.74) is 0. The number of hydrogen-bond donors (Lipinski definition) is 0. The summed E-state index contributed by atoms with van der Waals surface area (Å²) in [6.45, 7) is 33.4. The van der Waals surface area contributed by atoms with E-state index in [-0.39, 0.29) is 36.6 Å². The predicted octanol–water partition coefficient (Wildman–Crippen LogP) is 5.87. The second kappa shape index (κ2) is 31.1. The van der Waals surface area contributed by atoms with Crippen molar-refractivity contribution in [2.75, 3.05) is 52.4 Å². The van der Waals surface area contributed by atoms with E-state index in [1.54, 1.807) is 48.6 Å². The van der Waals surface area contributed by atoms with Crippen LogP contribution >= 0.6 is 48.9 Å². The molecule has 0 aromatic heterocycles. The van der Waals surface area contributed by atoms with Gasteiger partial charge in [-0.3, -0.25) is 0 Å². The second-order valence-corrected chi connectivity index (χ2v) is 15.3. The minimum absolute atomic E-state index is 0. The zero-order chi connectivity index (χ0) is 35.6. The smallest absolute Gasteiger partial charge is 0.489 e. The van der Waals surface area contributed by atoms with Gasteiger partial charge in [0.1, 0.15) is 0 Å². The Morgan fingerprint density at radius 2 is 0.444 bits per heavy atom. The molecule has 0 fully saturated rings. The van der Waals surface area contributed by atoms with Gasteiger partial charge in [-0.1, -0.05) is 52.6 Å². The zero-order valence-corrected chi connectivity index (χ0v) is 36.8. The van der Waals surface area contributed by atoms with Gasteiger partial charge < -0.3 is 166 Å². The number of rotatable bonds is 16. The van der Waals surface area contributed by atoms with Crippen molar-refractivity contribution in [2.45, 2.75) is 0 Å². The molecule has 0 aliphatic heterocycles. The third-order valence-electron chi connectivity index (χ3n) is 4.72. The van der Waals surface area contributed by atoms with E-state index in [9.17, 15) is 0 Å². The Labute approximate surface area is 354 Å². The molecular formula is C28H40MoN4S12. The molecule has 17 heteroatoms. The Morgan fingerprint density at radius 1 is 0.356 bits per heavy atom. The molecule has 0 N–H and O–H groups in total. The van der Waals surface area contributed by atoms with E-state index in [2.05, 4.69) is 52.6 Å². The van der Waals surface area contributed by atoms with Crippen molar-refractivity contribution in [3.8, 4) is 0 Å². The Hall–Kier alpha value is 1.09. The van der Waals surface area contributed by atoms with E-state index in [1.807, 2.05) is 0 Å². The maximum absolute atomic E-state index is 5.17. The topological polar surface area (TPSA) is 0 Å². The van der Waals surface area contributed by atoms with E-state index < -0.39 is 0 Å². The van der Waals surface area contributed by atoms with Crippen LogP contribution in [0.5, 0.6) is 0 Å². The van der Waals surface area contributed by atoms with Gasteiger partial charge in [-0.05, 0) is 48.6 Å². The first-order valence-electron chi connectivity index (χ1n) is 12.3. The third kappa shape index (κ3) is 25.7. The molecule has 0 spiro atoms. The Balaban J connectivity index is -0.000000157. The SMILES string of the molecule is C=CC[N+]([S-])(CC=C)C(=S)[S-].C=CC[N+]([S-])(CC=C)C(=S)[S-].C=CC[N+]([S-])(CC=C)C(=S)[S-].C=CC[N+]([S-])(CC=C)C(=S)[S-].[Mo+4]. The molecule has 0 bridgehead atoms. The molecule has 0 heterocycles. The molecule has 45 heavy (non-hydrogen) atoms. The normalized spacial score (nSPS) is 10.4. The first kappa shape index (κ1) is 55.5. The van der Waals surface area contributed by atoms with E-state index >= 15 is 0 Å². The van der Waals surface area contributed by atoms with Crippen molar-refractivity contribution < 1.29 is 36.6 Å². The average Bonchev–Trinajstić information content (AvgIpc) is 2.90. The van der Waals surface area contributed by atoms with Gasteiger partial charge in [-0.25, -0.2) is 0 Å². The summed E-state index contributed by atoms with van der Waals surface area (Å²) in [6.07, 6.45) is 13.7. The van der Waals surface area contributed by atoms with Crippen LogP contribution in [0.2, 0.25) is 0 Å². The minimum Gasteiger partial charge on any atom is -0.489 e. The summed E-state index contributed by atoms with van der Waals surface area (Å²) in [5.74, 6) is 0. The minimum atomic E-state index is 0. The van der Waals surface area contributed by atoms with Crippen LogP contribution in [0.15, 0.2) is 101 Å². The number of hydrogen-bond acceptors (Lipinski definition) is 12. The standard InChI is InChI=1S/4C7H11NS3.Mo/c4*1-3-5-8(11,6-4-2)7(9)10;/h4*3-4H,1-2,5-6H2,(H,9,10);/q;;;;+4/p-4. The molecule has 0 aliphatic carbocycles. The molecule has 4 nitrogen and oxygen atoms in total. The van der Waals surface area contributed by atoms with Gasteiger partial charge >= 0.3 is 21.1 Å². The fourth-order valence-corrected chi connectivity index (χ4v) is 4.60. The van der Waals surface area contributed by atoms with Gasteiger partial charge in [0.15, 0.2) is 0 Å². The summed E-state index contributed by atoms with van der Waals surface area (Å²) in [6, 6.07) is 0. The largest absolute Gasteiger partial charge is 4.00 e. The van der Waals surface area contributed by atoms with Crippen molar-refractivity contribution in [3.63, 3.8) is 0 Å². The molecule has 0 saturated carbocycles. The Morgan fingerprint density at radius 3 is 0.489 bits per heavy atom. The fourth-order valence-electron chi connectivity index (χ4n) is 2.56. The van der Waals surface area contributed by atoms with Crippen molar-refractivity contribution in [3.05, 3.63) is 101 Å². The summed E-state index contributed by atoms with van der Waals surface area (Å²) in [4.78, 5) is 0. The van der Waals surface area contributed by atoms with Gasteiger partial charge in [-0.15, -0.1) is 0 Å². The fraction of sp³-hybridized carbons (Fsp3) is 0.286. The molecule has 0 radical (unpaired) electrons. The second-order valence-electron chi connectivity index (χ2n) is 8.39. The van der Waals surface area contributed by atoms with Crippen LogP contribution in [0.1, 0.15) is 0 Å². The van der Waals surface area contributed by atoms with Gasteiger partial charge in [0.25, 0.3) is 0 Å². The van der Waals surface area contributed by atoms with E-state index in [0.29, 0.717) is 69.6 Å². The third-order valence-corrected chi connectivity index (χ3v) is 10.4. The maximum Gasteiger partial charge on any atom is 4.00 e. The van der Waals surface area contributed by atoms with Gasteiger partial charge in [0, 0.05) is 17.3 Å². The zero-order valence-electron chi connectivity index (χ0n) is 25.0. The summed E-state index contributed by atoms with van der Waals surface area (Å²) in [5, 5.41) is 0. The van der Waals surface area contributed by atoms with Gasteiger partial charge in [-0.2, -0.15) is 0 Å². The average molecular weight is 913 g/mol. The maximum atomic E-state index is 5.17. The molecule has 0 aromatic rings. The number of nitrogens with zero attached hydrogens (tertiary/aromatic N) is 4. The number of thiocarbonyl (C=S) groups is 4. The predicted molar refractivity (Wildman–Crippen MR) is 231 cm³/mol. The molecule has 0 rings (SSSR count). The van der Waals surface area contributed by atoms with E-state index in [0.717, 1.165) is 0 Å². The molecular weight excluding hydrogens is 873 g/mol. The Kier molecular flexibility index (Phi) is 38.4. The van der Waals surface area contributed by atoms with Crippen LogP contribution in [0.4, 0.5) is 0 Å². The summed E-state index contributed by atoms with van der Waals surface area (Å²) < 4.78 is 2.05. The summed E-state index contributed by atoms with van der Waals surface area (Å²) >= 11 is 59.5. The summed E-state index contributed by atoms with van der Waals surface area (Å²) in [7, 11) is 0. The van der Waals surface area contributed by atoms with Crippen LogP contribution in [0, 0.1) is 0 Å². The van der Waals surface area contributed by atoms with Crippen LogP contribution in [-0.2, 0) is 123 Å². The van der Waals surface area contributed by atoms with Crippen molar-refractivity contribution >= 4 is 168 Å². The monoisotopic (exact) mass is 914 g/mol. The Bertz CT molecular complexity index is 833. The quantitative estimate of drug-likeness (QED) is 0.0599. The molecule has 0 amide bonds. The molecule has 0 aliphatic rings. The van der Waals surface area contributed by atoms with Crippen LogP contribution < -0.4 is 0 Å². The van der Waals surface area contributed by atoms with Gasteiger partial charge in [0.2, 0.25) is 0 Å². The van der Waals surface area contributed by atoms with E-state index in [1.165, 1.54) is 0 Å². The first-order valence-corrected chi connectivity index (χ1v) is 17.0. The van der Waals surface area contributed by atoms with Crippen LogP contribution in [-0.4, -0.2) is 85.2 Å². The van der Waals surface area contributed by atoms with Crippen molar-refractivity contribution in [2.24, 2.45) is 0 Å². The molecule has 250 valence electrons. The molecule has 0 atom stereocenters. The van der Waals surface area contributed by atoms with Crippen molar-refractivity contribution in [1.29, 1.82) is 0 Å². The van der Waals surface area contributed by atoms with Gasteiger partial charge in [0.05, 0.1) is 52.4 Å². The van der Waals surface area contributed by atoms with Crippen LogP contribution in [0.3, 0.4) is 0 Å². The van der Waals surface area contributed by atoms with E-state index in [4.69, 9.17) is 151 Å². The van der Waals surface area contributed by atoms with Crippen LogP contribution in [0.25, 0.3) is 0 Å². The number of quaternary nitrogens is 4.